The number of hydrogen-bond donors (Lipinski definition) is 0. The van der Waals surface area contributed by atoms with Gasteiger partial charge in [-0.25, -0.2) is 4.79 Å². The molecule has 2 heterocycles. The molecule has 0 saturated carbocycles. The molecule has 1 amide bonds. The van der Waals surface area contributed by atoms with E-state index in [0.29, 0.717) is 5.58 Å². The monoisotopic (exact) mass is 367 g/mol. The Balaban J connectivity index is 1.74. The van der Waals surface area contributed by atoms with Gasteiger partial charge in [-0.2, -0.15) is 0 Å². The van der Waals surface area contributed by atoms with Crippen molar-refractivity contribution in [3.8, 4) is 0 Å². The number of benzene rings is 3. The highest BCUT2D eigenvalue weighted by Crippen LogP contribution is 2.36. The molecule has 3 aromatic carbocycles. The lowest BCUT2D eigenvalue weighted by Gasteiger charge is -2.24. The summed E-state index contributed by atoms with van der Waals surface area (Å²) >= 11 is 0. The molecule has 0 saturated heterocycles. The van der Waals surface area contributed by atoms with E-state index < -0.39 is 5.63 Å². The average Bonchev–Trinajstić information content (AvgIpc) is 2.90. The molecule has 4 aromatic rings. The Labute approximate surface area is 161 Å². The second-order valence-electron chi connectivity index (χ2n) is 6.88. The molecule has 1 aliphatic heterocycles. The highest BCUT2D eigenvalue weighted by Gasteiger charge is 2.28. The van der Waals surface area contributed by atoms with Crippen molar-refractivity contribution in [1.29, 1.82) is 0 Å². The molecule has 0 aliphatic carbocycles. The fourth-order valence-corrected chi connectivity index (χ4v) is 3.83. The zero-order valence-corrected chi connectivity index (χ0v) is 15.1. The van der Waals surface area contributed by atoms with Gasteiger partial charge < -0.3 is 4.42 Å². The van der Waals surface area contributed by atoms with Crippen LogP contribution < -0.4 is 10.5 Å². The van der Waals surface area contributed by atoms with Gasteiger partial charge in [0.1, 0.15) is 11.1 Å². The van der Waals surface area contributed by atoms with Crippen molar-refractivity contribution < 1.29 is 9.21 Å². The maximum atomic E-state index is 13.6. The van der Waals surface area contributed by atoms with Crippen molar-refractivity contribution >= 4 is 28.3 Å². The molecular formula is C24H17NO3. The lowest BCUT2D eigenvalue weighted by atomic mass is 10.0. The Morgan fingerprint density at radius 2 is 1.36 bits per heavy atom. The molecule has 28 heavy (non-hydrogen) atoms. The second kappa shape index (κ2) is 6.50. The first-order valence-electron chi connectivity index (χ1n) is 9.25. The Bertz CT molecular complexity index is 1220. The minimum atomic E-state index is -0.622. The molecular weight excluding hydrogens is 350 g/mol. The van der Waals surface area contributed by atoms with Crippen LogP contribution in [0.25, 0.3) is 11.0 Å². The van der Waals surface area contributed by atoms with Crippen LogP contribution in [0.3, 0.4) is 0 Å². The summed E-state index contributed by atoms with van der Waals surface area (Å²) in [5.74, 6) is -0.374. The van der Waals surface area contributed by atoms with Gasteiger partial charge in [-0.15, -0.1) is 0 Å². The maximum absolute atomic E-state index is 13.6. The molecule has 5 rings (SSSR count). The van der Waals surface area contributed by atoms with Crippen LogP contribution in [0.15, 0.2) is 88.1 Å². The van der Waals surface area contributed by atoms with Crippen LogP contribution in [0.2, 0.25) is 0 Å². The van der Waals surface area contributed by atoms with Crippen molar-refractivity contribution in [3.63, 3.8) is 0 Å². The third kappa shape index (κ3) is 2.62. The highest BCUT2D eigenvalue weighted by molar-refractivity contribution is 6.12. The Morgan fingerprint density at radius 1 is 0.786 bits per heavy atom. The summed E-state index contributed by atoms with van der Waals surface area (Å²) in [5.41, 5.74) is 3.67. The van der Waals surface area contributed by atoms with E-state index in [1.54, 1.807) is 23.1 Å². The molecule has 1 aliphatic rings. The number of nitrogens with zero attached hydrogens (tertiary/aromatic N) is 1. The zero-order chi connectivity index (χ0) is 19.1. The minimum absolute atomic E-state index is 0.0326. The number of anilines is 2. The van der Waals surface area contributed by atoms with Crippen molar-refractivity contribution in [2.75, 3.05) is 4.90 Å². The van der Waals surface area contributed by atoms with Gasteiger partial charge in [-0.3, -0.25) is 9.69 Å². The normalized spacial score (nSPS) is 12.9. The predicted octanol–water partition coefficient (Wildman–Crippen LogP) is 4.87. The van der Waals surface area contributed by atoms with Crippen LogP contribution >= 0.6 is 0 Å². The molecule has 136 valence electrons. The number of carbonyl (C=O) groups is 1. The third-order valence-electron chi connectivity index (χ3n) is 5.20. The van der Waals surface area contributed by atoms with E-state index in [0.717, 1.165) is 40.7 Å². The van der Waals surface area contributed by atoms with Crippen molar-refractivity contribution in [3.05, 3.63) is 106 Å². The number of carbonyl (C=O) groups excluding carboxylic acids is 1. The van der Waals surface area contributed by atoms with Gasteiger partial charge in [0.15, 0.2) is 0 Å². The largest absolute Gasteiger partial charge is 0.422 e. The van der Waals surface area contributed by atoms with E-state index in [4.69, 9.17) is 4.42 Å². The SMILES string of the molecule is O=C(c1cc2ccccc2oc1=O)N1c2ccccc2CCc2ccccc21. The molecule has 0 unspecified atom stereocenters. The molecule has 1 aromatic heterocycles. The fourth-order valence-electron chi connectivity index (χ4n) is 3.83. The first-order chi connectivity index (χ1) is 13.7. The summed E-state index contributed by atoms with van der Waals surface area (Å²) in [6.45, 7) is 0. The van der Waals surface area contributed by atoms with Crippen molar-refractivity contribution in [2.24, 2.45) is 0 Å². The summed E-state index contributed by atoms with van der Waals surface area (Å²) < 4.78 is 5.41. The van der Waals surface area contributed by atoms with Crippen LogP contribution in [0, 0.1) is 0 Å². The zero-order valence-electron chi connectivity index (χ0n) is 15.1. The summed E-state index contributed by atoms with van der Waals surface area (Å²) in [7, 11) is 0. The van der Waals surface area contributed by atoms with Gasteiger partial charge in [0.05, 0.1) is 11.4 Å². The Kier molecular flexibility index (Phi) is 3.83. The third-order valence-corrected chi connectivity index (χ3v) is 5.20. The van der Waals surface area contributed by atoms with E-state index >= 15 is 0 Å². The van der Waals surface area contributed by atoms with E-state index in [2.05, 4.69) is 0 Å². The lowest BCUT2D eigenvalue weighted by molar-refractivity contribution is 0.0996. The first-order valence-corrected chi connectivity index (χ1v) is 9.25. The summed E-state index contributed by atoms with van der Waals surface area (Å²) in [4.78, 5) is 27.9. The minimum Gasteiger partial charge on any atom is -0.422 e. The number of fused-ring (bicyclic) bond motifs is 3. The molecule has 0 N–H and O–H groups in total. The quantitative estimate of drug-likeness (QED) is 0.451. The number of aryl methyl sites for hydroxylation is 2. The van der Waals surface area contributed by atoms with E-state index in [1.165, 1.54) is 0 Å². The van der Waals surface area contributed by atoms with Gasteiger partial charge in [0.25, 0.3) is 5.91 Å². The Hall–Kier alpha value is -3.66. The van der Waals surface area contributed by atoms with Crippen LogP contribution in [-0.4, -0.2) is 5.91 Å². The highest BCUT2D eigenvalue weighted by atomic mass is 16.4. The maximum Gasteiger partial charge on any atom is 0.349 e. The molecule has 4 heteroatoms. The first kappa shape index (κ1) is 16.5. The molecule has 0 bridgehead atoms. The number of para-hydroxylation sites is 3. The van der Waals surface area contributed by atoms with Gasteiger partial charge >= 0.3 is 5.63 Å². The summed E-state index contributed by atoms with van der Waals surface area (Å²) in [6.07, 6.45) is 1.67. The van der Waals surface area contributed by atoms with Crippen molar-refractivity contribution in [1.82, 2.24) is 0 Å². The lowest BCUT2D eigenvalue weighted by Crippen LogP contribution is -2.30. The molecule has 0 spiro atoms. The standard InChI is InChI=1S/C24H17NO3/c26-23(19-15-18-9-3-6-12-22(18)28-24(19)27)25-20-10-4-1-7-16(20)13-14-17-8-2-5-11-21(17)25/h1-12,15H,13-14H2. The van der Waals surface area contributed by atoms with E-state index in [-0.39, 0.29) is 11.5 Å². The van der Waals surface area contributed by atoms with Crippen molar-refractivity contribution in [2.45, 2.75) is 12.8 Å². The van der Waals surface area contributed by atoms with E-state index in [1.807, 2.05) is 60.7 Å². The number of rotatable bonds is 1. The summed E-state index contributed by atoms with van der Waals surface area (Å²) in [6, 6.07) is 24.5. The van der Waals surface area contributed by atoms with Crippen LogP contribution in [-0.2, 0) is 12.8 Å². The number of amides is 1. The summed E-state index contributed by atoms with van der Waals surface area (Å²) in [5, 5.41) is 0.724. The molecule has 0 fully saturated rings. The average molecular weight is 367 g/mol. The van der Waals surface area contributed by atoms with Gasteiger partial charge in [0.2, 0.25) is 0 Å². The molecule has 0 radical (unpaired) electrons. The number of hydrogen-bond acceptors (Lipinski definition) is 3. The van der Waals surface area contributed by atoms with Crippen LogP contribution in [0.5, 0.6) is 0 Å². The van der Waals surface area contributed by atoms with E-state index in [9.17, 15) is 9.59 Å². The fraction of sp³-hybridized carbons (Fsp3) is 0.0833. The van der Waals surface area contributed by atoms with Gasteiger partial charge in [-0.1, -0.05) is 54.6 Å². The van der Waals surface area contributed by atoms with Gasteiger partial charge in [-0.05, 0) is 48.2 Å². The van der Waals surface area contributed by atoms with Gasteiger partial charge in [0, 0.05) is 5.39 Å². The molecule has 0 atom stereocenters. The Morgan fingerprint density at radius 3 is 2.04 bits per heavy atom. The second-order valence-corrected chi connectivity index (χ2v) is 6.88. The van der Waals surface area contributed by atoms with Crippen LogP contribution in [0.1, 0.15) is 21.5 Å². The molecule has 4 nitrogen and oxygen atoms in total. The van der Waals surface area contributed by atoms with Crippen LogP contribution in [0.4, 0.5) is 11.4 Å². The smallest absolute Gasteiger partial charge is 0.349 e. The topological polar surface area (TPSA) is 50.5 Å². The predicted molar refractivity (Wildman–Crippen MR) is 109 cm³/mol.